The van der Waals surface area contributed by atoms with Crippen molar-refractivity contribution in [2.75, 3.05) is 17.3 Å². The number of amides is 1. The van der Waals surface area contributed by atoms with E-state index in [0.29, 0.717) is 23.7 Å². The number of halogens is 1. The molecule has 5 nitrogen and oxygen atoms in total. The number of carbonyl (C=O) groups is 1. The van der Waals surface area contributed by atoms with Crippen molar-refractivity contribution >= 4 is 17.3 Å². The maximum Gasteiger partial charge on any atom is 0.257 e. The van der Waals surface area contributed by atoms with Crippen molar-refractivity contribution in [2.24, 2.45) is 0 Å². The van der Waals surface area contributed by atoms with Gasteiger partial charge in [0.25, 0.3) is 5.91 Å². The lowest BCUT2D eigenvalue weighted by molar-refractivity contribution is -0.123. The molecular weight excluding hydrogens is 263 g/mol. The second-order valence-corrected chi connectivity index (χ2v) is 4.72. The van der Waals surface area contributed by atoms with Gasteiger partial charge >= 0.3 is 0 Å². The first kappa shape index (κ1) is 12.7. The molecule has 0 aliphatic carbocycles. The SMILES string of the molecule is CN(Cc1ccco1)c1cc2c(cc1F)C(O)C(=O)N2. The van der Waals surface area contributed by atoms with Crippen LogP contribution in [0.2, 0.25) is 0 Å². The van der Waals surface area contributed by atoms with E-state index in [-0.39, 0.29) is 5.56 Å². The molecule has 1 amide bonds. The molecule has 1 aliphatic rings. The van der Waals surface area contributed by atoms with Crippen LogP contribution in [-0.2, 0) is 11.3 Å². The van der Waals surface area contributed by atoms with E-state index in [9.17, 15) is 14.3 Å². The van der Waals surface area contributed by atoms with E-state index in [1.165, 1.54) is 12.1 Å². The van der Waals surface area contributed by atoms with Crippen molar-refractivity contribution in [3.05, 3.63) is 47.7 Å². The zero-order chi connectivity index (χ0) is 14.3. The molecule has 3 rings (SSSR count). The van der Waals surface area contributed by atoms with Crippen LogP contribution >= 0.6 is 0 Å². The van der Waals surface area contributed by atoms with E-state index in [0.717, 1.165) is 0 Å². The van der Waals surface area contributed by atoms with Gasteiger partial charge in [0.2, 0.25) is 0 Å². The predicted molar refractivity (Wildman–Crippen MR) is 70.8 cm³/mol. The first-order chi connectivity index (χ1) is 9.56. The quantitative estimate of drug-likeness (QED) is 0.900. The summed E-state index contributed by atoms with van der Waals surface area (Å²) in [6.45, 7) is 0.402. The second-order valence-electron chi connectivity index (χ2n) is 4.72. The lowest BCUT2D eigenvalue weighted by Crippen LogP contribution is -2.17. The molecule has 1 atom stereocenters. The molecule has 0 saturated carbocycles. The summed E-state index contributed by atoms with van der Waals surface area (Å²) in [6, 6.07) is 6.26. The summed E-state index contributed by atoms with van der Waals surface area (Å²) >= 11 is 0. The first-order valence-electron chi connectivity index (χ1n) is 6.12. The van der Waals surface area contributed by atoms with Gasteiger partial charge in [-0.3, -0.25) is 4.79 Å². The van der Waals surface area contributed by atoms with E-state index < -0.39 is 17.8 Å². The highest BCUT2D eigenvalue weighted by molar-refractivity contribution is 6.02. The lowest BCUT2D eigenvalue weighted by atomic mass is 10.1. The van der Waals surface area contributed by atoms with Crippen LogP contribution in [0.15, 0.2) is 34.9 Å². The Labute approximate surface area is 114 Å². The molecule has 1 aromatic carbocycles. The number of hydrogen-bond donors (Lipinski definition) is 2. The smallest absolute Gasteiger partial charge is 0.257 e. The lowest BCUT2D eigenvalue weighted by Gasteiger charge is -2.19. The molecule has 1 aliphatic heterocycles. The predicted octanol–water partition coefficient (Wildman–Crippen LogP) is 2.04. The average molecular weight is 276 g/mol. The van der Waals surface area contributed by atoms with Crippen LogP contribution in [0.4, 0.5) is 15.8 Å². The fourth-order valence-corrected chi connectivity index (χ4v) is 2.27. The van der Waals surface area contributed by atoms with Crippen LogP contribution in [0.5, 0.6) is 0 Å². The molecular formula is C14H13FN2O3. The van der Waals surface area contributed by atoms with Gasteiger partial charge in [0.15, 0.2) is 6.10 Å². The number of rotatable bonds is 3. The molecule has 1 unspecified atom stereocenters. The normalized spacial score (nSPS) is 16.9. The van der Waals surface area contributed by atoms with Crippen LogP contribution in [0, 0.1) is 5.82 Å². The van der Waals surface area contributed by atoms with Gasteiger partial charge in [-0.1, -0.05) is 0 Å². The van der Waals surface area contributed by atoms with Crippen molar-refractivity contribution in [2.45, 2.75) is 12.6 Å². The zero-order valence-corrected chi connectivity index (χ0v) is 10.8. The third-order valence-electron chi connectivity index (χ3n) is 3.30. The summed E-state index contributed by atoms with van der Waals surface area (Å²) in [5.41, 5.74) is 1.03. The third-order valence-corrected chi connectivity index (χ3v) is 3.30. The summed E-state index contributed by atoms with van der Waals surface area (Å²) in [6.07, 6.45) is 0.252. The van der Waals surface area contributed by atoms with Crippen LogP contribution in [0.3, 0.4) is 0 Å². The molecule has 2 aromatic rings. The molecule has 2 heterocycles. The molecule has 0 bridgehead atoms. The topological polar surface area (TPSA) is 65.7 Å². The maximum absolute atomic E-state index is 14.1. The molecule has 104 valence electrons. The Balaban J connectivity index is 1.91. The highest BCUT2D eigenvalue weighted by atomic mass is 19.1. The number of anilines is 2. The third kappa shape index (κ3) is 2.04. The van der Waals surface area contributed by atoms with Gasteiger partial charge in [-0.15, -0.1) is 0 Å². The molecule has 0 saturated heterocycles. The Bertz CT molecular complexity index is 655. The number of hydrogen-bond acceptors (Lipinski definition) is 4. The average Bonchev–Trinajstić information content (AvgIpc) is 3.00. The highest BCUT2D eigenvalue weighted by Gasteiger charge is 2.30. The van der Waals surface area contributed by atoms with Crippen LogP contribution in [-0.4, -0.2) is 18.1 Å². The van der Waals surface area contributed by atoms with E-state index in [4.69, 9.17) is 4.42 Å². The highest BCUT2D eigenvalue weighted by Crippen LogP contribution is 2.35. The summed E-state index contributed by atoms with van der Waals surface area (Å²) in [5.74, 6) is -0.324. The number of furan rings is 1. The summed E-state index contributed by atoms with van der Waals surface area (Å²) in [5, 5.41) is 12.1. The van der Waals surface area contributed by atoms with Gasteiger partial charge in [0.05, 0.1) is 18.5 Å². The molecule has 2 N–H and O–H groups in total. The van der Waals surface area contributed by atoms with E-state index in [2.05, 4.69) is 5.32 Å². The molecule has 0 spiro atoms. The maximum atomic E-state index is 14.1. The summed E-state index contributed by atoms with van der Waals surface area (Å²) in [4.78, 5) is 13.0. The van der Waals surface area contributed by atoms with Gasteiger partial charge in [0, 0.05) is 18.3 Å². The van der Waals surface area contributed by atoms with Crippen LogP contribution in [0.1, 0.15) is 17.4 Å². The van der Waals surface area contributed by atoms with Gasteiger partial charge in [0.1, 0.15) is 11.6 Å². The van der Waals surface area contributed by atoms with Crippen LogP contribution < -0.4 is 10.2 Å². The molecule has 0 radical (unpaired) electrons. The van der Waals surface area contributed by atoms with Crippen molar-refractivity contribution in [3.8, 4) is 0 Å². The Hall–Kier alpha value is -2.34. The van der Waals surface area contributed by atoms with Crippen LogP contribution in [0.25, 0.3) is 0 Å². The summed E-state index contributed by atoms with van der Waals surface area (Å²) < 4.78 is 19.3. The Morgan fingerprint density at radius 2 is 2.30 bits per heavy atom. The Morgan fingerprint density at radius 1 is 1.50 bits per heavy atom. The van der Waals surface area contributed by atoms with Crippen molar-refractivity contribution in [1.82, 2.24) is 0 Å². The van der Waals surface area contributed by atoms with Gasteiger partial charge in [-0.05, 0) is 24.3 Å². The molecule has 1 aromatic heterocycles. The number of aliphatic hydroxyl groups is 1. The second kappa shape index (κ2) is 4.64. The van der Waals surface area contributed by atoms with E-state index in [1.807, 2.05) is 0 Å². The minimum absolute atomic E-state index is 0.266. The molecule has 20 heavy (non-hydrogen) atoms. The summed E-state index contributed by atoms with van der Waals surface area (Å²) in [7, 11) is 1.72. The van der Waals surface area contributed by atoms with Gasteiger partial charge in [-0.25, -0.2) is 4.39 Å². The number of carbonyl (C=O) groups excluding carboxylic acids is 1. The number of fused-ring (bicyclic) bond motifs is 1. The fourth-order valence-electron chi connectivity index (χ4n) is 2.27. The van der Waals surface area contributed by atoms with Crippen molar-refractivity contribution < 1.29 is 18.7 Å². The van der Waals surface area contributed by atoms with Crippen molar-refractivity contribution in [1.29, 1.82) is 0 Å². The fraction of sp³-hybridized carbons (Fsp3) is 0.214. The molecule has 0 fully saturated rings. The Kier molecular flexibility index (Phi) is 2.94. The van der Waals surface area contributed by atoms with Gasteiger partial charge < -0.3 is 19.7 Å². The first-order valence-corrected chi connectivity index (χ1v) is 6.12. The van der Waals surface area contributed by atoms with Gasteiger partial charge in [-0.2, -0.15) is 0 Å². The monoisotopic (exact) mass is 276 g/mol. The number of nitrogens with zero attached hydrogens (tertiary/aromatic N) is 1. The number of aliphatic hydroxyl groups excluding tert-OH is 1. The minimum Gasteiger partial charge on any atom is -0.467 e. The largest absolute Gasteiger partial charge is 0.467 e. The molecule has 6 heteroatoms. The van der Waals surface area contributed by atoms with E-state index in [1.54, 1.807) is 30.3 Å². The zero-order valence-electron chi connectivity index (χ0n) is 10.8. The standard InChI is InChI=1S/C14H13FN2O3/c1-17(7-8-3-2-4-20-8)12-6-11-9(5-10(12)15)13(18)14(19)16-11/h2-6,13,18H,7H2,1H3,(H,16,19). The number of benzene rings is 1. The van der Waals surface area contributed by atoms with Crippen molar-refractivity contribution in [3.63, 3.8) is 0 Å². The minimum atomic E-state index is -1.30. The Morgan fingerprint density at radius 3 is 3.00 bits per heavy atom. The van der Waals surface area contributed by atoms with E-state index >= 15 is 0 Å². The number of nitrogens with one attached hydrogen (secondary N) is 1.